The Morgan fingerprint density at radius 1 is 0.469 bits per heavy atom. The van der Waals surface area contributed by atoms with Gasteiger partial charge in [-0.3, -0.25) is 4.79 Å². The summed E-state index contributed by atoms with van der Waals surface area (Å²) >= 11 is 0. The number of carbonyl (C=O) groups excluding carboxylic acids is 1. The van der Waals surface area contributed by atoms with Gasteiger partial charge in [0.2, 0.25) is 5.91 Å². The van der Waals surface area contributed by atoms with E-state index in [0.29, 0.717) is 6.42 Å². The molecule has 4 heteroatoms. The lowest BCUT2D eigenvalue weighted by molar-refractivity contribution is -0.123. The Bertz CT molecular complexity index is 705. The molecule has 0 bridgehead atoms. The molecule has 0 aromatic rings. The van der Waals surface area contributed by atoms with E-state index < -0.39 is 12.1 Å². The third kappa shape index (κ3) is 37.9. The second kappa shape index (κ2) is 41.3. The van der Waals surface area contributed by atoms with Gasteiger partial charge < -0.3 is 15.5 Å². The molecular weight excluding hydrogens is 602 g/mol. The molecule has 0 aromatic carbocycles. The summed E-state index contributed by atoms with van der Waals surface area (Å²) in [6.07, 6.45) is 52.9. The standard InChI is InChI=1S/C45H87NO3/c1-3-5-7-9-11-13-15-17-19-21-22-23-24-25-26-28-30-32-34-36-38-40-44(48)43(42-47)46-45(49)41-39-37-35-33-31-29-27-20-18-16-14-12-10-8-6-4-2/h30,32,38,40,43-44,47-48H,3-29,31,33-37,39,41-42H2,1-2H3,(H,46,49)/b32-30+,40-38+. The zero-order valence-electron chi connectivity index (χ0n) is 33.2. The first-order chi connectivity index (χ1) is 24.2. The molecule has 2 atom stereocenters. The number of hydrogen-bond acceptors (Lipinski definition) is 3. The zero-order valence-corrected chi connectivity index (χ0v) is 33.2. The summed E-state index contributed by atoms with van der Waals surface area (Å²) in [5.74, 6) is -0.0707. The van der Waals surface area contributed by atoms with E-state index in [1.165, 1.54) is 186 Å². The van der Waals surface area contributed by atoms with Crippen LogP contribution in [0.25, 0.3) is 0 Å². The van der Waals surface area contributed by atoms with Gasteiger partial charge in [-0.1, -0.05) is 224 Å². The molecule has 4 nitrogen and oxygen atoms in total. The van der Waals surface area contributed by atoms with Crippen LogP contribution in [0.1, 0.15) is 239 Å². The molecule has 0 fully saturated rings. The molecule has 0 radical (unpaired) electrons. The molecule has 0 saturated heterocycles. The predicted molar refractivity (Wildman–Crippen MR) is 216 cm³/mol. The van der Waals surface area contributed by atoms with Crippen LogP contribution in [0.15, 0.2) is 24.3 Å². The number of rotatable bonds is 40. The van der Waals surface area contributed by atoms with E-state index in [0.717, 1.165) is 32.1 Å². The van der Waals surface area contributed by atoms with Crippen LogP contribution in [0.3, 0.4) is 0 Å². The van der Waals surface area contributed by atoms with Crippen molar-refractivity contribution in [3.05, 3.63) is 24.3 Å². The third-order valence-corrected chi connectivity index (χ3v) is 10.2. The number of nitrogens with one attached hydrogen (secondary N) is 1. The number of aliphatic hydroxyl groups excluding tert-OH is 2. The number of unbranched alkanes of at least 4 members (excludes halogenated alkanes) is 31. The molecule has 0 aliphatic heterocycles. The predicted octanol–water partition coefficient (Wildman–Crippen LogP) is 13.6. The summed E-state index contributed by atoms with van der Waals surface area (Å²) in [4.78, 5) is 12.4. The first-order valence-corrected chi connectivity index (χ1v) is 22.1. The van der Waals surface area contributed by atoms with Crippen molar-refractivity contribution in [2.75, 3.05) is 6.61 Å². The second-order valence-corrected chi connectivity index (χ2v) is 15.1. The highest BCUT2D eigenvalue weighted by Gasteiger charge is 2.17. The summed E-state index contributed by atoms with van der Waals surface area (Å²) < 4.78 is 0. The molecule has 0 heterocycles. The van der Waals surface area contributed by atoms with Gasteiger partial charge in [-0.15, -0.1) is 0 Å². The van der Waals surface area contributed by atoms with E-state index >= 15 is 0 Å². The molecule has 0 aliphatic carbocycles. The molecule has 3 N–H and O–H groups in total. The van der Waals surface area contributed by atoms with Crippen molar-refractivity contribution in [3.63, 3.8) is 0 Å². The van der Waals surface area contributed by atoms with Gasteiger partial charge in [-0.25, -0.2) is 0 Å². The van der Waals surface area contributed by atoms with E-state index in [2.05, 4.69) is 31.3 Å². The highest BCUT2D eigenvalue weighted by atomic mass is 16.3. The first-order valence-electron chi connectivity index (χ1n) is 22.1. The van der Waals surface area contributed by atoms with Crippen molar-refractivity contribution in [1.29, 1.82) is 0 Å². The van der Waals surface area contributed by atoms with E-state index in [1.54, 1.807) is 6.08 Å². The van der Waals surface area contributed by atoms with Crippen LogP contribution in [0.5, 0.6) is 0 Å². The Kier molecular flexibility index (Phi) is 40.3. The van der Waals surface area contributed by atoms with Gasteiger partial charge >= 0.3 is 0 Å². The minimum Gasteiger partial charge on any atom is -0.394 e. The summed E-state index contributed by atoms with van der Waals surface area (Å²) in [5.41, 5.74) is 0. The lowest BCUT2D eigenvalue weighted by Gasteiger charge is -2.19. The van der Waals surface area contributed by atoms with Gasteiger partial charge in [0.05, 0.1) is 18.8 Å². The van der Waals surface area contributed by atoms with Crippen LogP contribution in [0, 0.1) is 0 Å². The quantitative estimate of drug-likeness (QED) is 0.0443. The number of hydrogen-bond donors (Lipinski definition) is 3. The van der Waals surface area contributed by atoms with Crippen LogP contribution in [-0.2, 0) is 4.79 Å². The molecular formula is C45H87NO3. The minimum absolute atomic E-state index is 0.0707. The molecule has 49 heavy (non-hydrogen) atoms. The highest BCUT2D eigenvalue weighted by molar-refractivity contribution is 5.76. The maximum Gasteiger partial charge on any atom is 0.220 e. The molecule has 2 unspecified atom stereocenters. The maximum absolute atomic E-state index is 12.4. The molecule has 0 rings (SSSR count). The summed E-state index contributed by atoms with van der Waals surface area (Å²) in [7, 11) is 0. The van der Waals surface area contributed by atoms with Crippen LogP contribution in [0.4, 0.5) is 0 Å². The van der Waals surface area contributed by atoms with Crippen molar-refractivity contribution in [2.45, 2.75) is 251 Å². The molecule has 1 amide bonds. The smallest absolute Gasteiger partial charge is 0.220 e. The monoisotopic (exact) mass is 690 g/mol. The van der Waals surface area contributed by atoms with Crippen molar-refractivity contribution in [3.8, 4) is 0 Å². The Balaban J connectivity index is 3.58. The topological polar surface area (TPSA) is 69.6 Å². The summed E-state index contributed by atoms with van der Waals surface area (Å²) in [6, 6.07) is -0.634. The SMILES string of the molecule is CCCCCCCCCCCCCCCCC/C=C/CC/C=C/C(O)C(CO)NC(=O)CCCCCCCCCCCCCCCCCC. The van der Waals surface area contributed by atoms with E-state index in [1.807, 2.05) is 6.08 Å². The summed E-state index contributed by atoms with van der Waals surface area (Å²) in [6.45, 7) is 4.31. The molecule has 290 valence electrons. The molecule has 0 spiro atoms. The average molecular weight is 690 g/mol. The summed E-state index contributed by atoms with van der Waals surface area (Å²) in [5, 5.41) is 23.0. The Morgan fingerprint density at radius 3 is 1.18 bits per heavy atom. The number of allylic oxidation sites excluding steroid dienone is 3. The molecule has 0 saturated carbocycles. The van der Waals surface area contributed by atoms with Crippen LogP contribution in [0.2, 0.25) is 0 Å². The Labute approximate surface area is 307 Å². The normalized spacial score (nSPS) is 13.1. The second-order valence-electron chi connectivity index (χ2n) is 15.1. The van der Waals surface area contributed by atoms with Crippen molar-refractivity contribution < 1.29 is 15.0 Å². The van der Waals surface area contributed by atoms with Gasteiger partial charge in [0.25, 0.3) is 0 Å². The third-order valence-electron chi connectivity index (χ3n) is 10.2. The maximum atomic E-state index is 12.4. The highest BCUT2D eigenvalue weighted by Crippen LogP contribution is 2.16. The van der Waals surface area contributed by atoms with E-state index in [9.17, 15) is 15.0 Å². The van der Waals surface area contributed by atoms with Crippen molar-refractivity contribution in [1.82, 2.24) is 5.32 Å². The van der Waals surface area contributed by atoms with Crippen molar-refractivity contribution >= 4 is 5.91 Å². The number of aliphatic hydroxyl groups is 2. The van der Waals surface area contributed by atoms with Crippen LogP contribution >= 0.6 is 0 Å². The fraction of sp³-hybridized carbons (Fsp3) is 0.889. The lowest BCUT2D eigenvalue weighted by Crippen LogP contribution is -2.45. The Hall–Kier alpha value is -1.13. The van der Waals surface area contributed by atoms with Crippen LogP contribution < -0.4 is 5.32 Å². The van der Waals surface area contributed by atoms with E-state index in [-0.39, 0.29) is 12.5 Å². The van der Waals surface area contributed by atoms with Gasteiger partial charge in [0.1, 0.15) is 0 Å². The van der Waals surface area contributed by atoms with Gasteiger partial charge in [0.15, 0.2) is 0 Å². The van der Waals surface area contributed by atoms with E-state index in [4.69, 9.17) is 0 Å². The van der Waals surface area contributed by atoms with Gasteiger partial charge in [-0.2, -0.15) is 0 Å². The largest absolute Gasteiger partial charge is 0.394 e. The lowest BCUT2D eigenvalue weighted by atomic mass is 10.0. The molecule has 0 aromatic heterocycles. The van der Waals surface area contributed by atoms with Gasteiger partial charge in [-0.05, 0) is 32.1 Å². The minimum atomic E-state index is -0.857. The van der Waals surface area contributed by atoms with Crippen LogP contribution in [-0.4, -0.2) is 34.9 Å². The first kappa shape index (κ1) is 47.9. The Morgan fingerprint density at radius 2 is 0.796 bits per heavy atom. The van der Waals surface area contributed by atoms with Gasteiger partial charge in [0, 0.05) is 6.42 Å². The fourth-order valence-corrected chi connectivity index (χ4v) is 6.78. The zero-order chi connectivity index (χ0) is 35.7. The number of carbonyl (C=O) groups is 1. The van der Waals surface area contributed by atoms with Crippen molar-refractivity contribution in [2.24, 2.45) is 0 Å². The fourth-order valence-electron chi connectivity index (χ4n) is 6.78. The molecule has 0 aliphatic rings. The average Bonchev–Trinajstić information content (AvgIpc) is 3.10. The number of amides is 1.